The molecule has 1 fully saturated rings. The first kappa shape index (κ1) is 25.0. The van der Waals surface area contributed by atoms with Crippen LogP contribution in [0.25, 0.3) is 5.69 Å². The molecule has 1 aromatic carbocycles. The number of amides is 1. The highest BCUT2D eigenvalue weighted by Crippen LogP contribution is 2.27. The Balaban J connectivity index is 1.68. The quantitative estimate of drug-likeness (QED) is 0.536. The molecule has 0 N–H and O–H groups in total. The molecule has 0 spiro atoms. The van der Waals surface area contributed by atoms with Crippen molar-refractivity contribution in [1.82, 2.24) is 9.47 Å². The van der Waals surface area contributed by atoms with E-state index in [1.165, 1.54) is 18.3 Å². The first-order valence-electron chi connectivity index (χ1n) is 10.6. The molecule has 0 bridgehead atoms. The molecule has 1 saturated heterocycles. The van der Waals surface area contributed by atoms with Crippen LogP contribution in [-0.2, 0) is 14.6 Å². The van der Waals surface area contributed by atoms with Crippen LogP contribution < -0.4 is 10.3 Å². The third-order valence-electron chi connectivity index (χ3n) is 5.29. The molecule has 0 unspecified atom stereocenters. The number of hydrogen-bond donors (Lipinski definition) is 0. The average molecular weight is 501 g/mol. The molecule has 0 atom stereocenters. The molecule has 0 radical (unpaired) electrons. The van der Waals surface area contributed by atoms with Gasteiger partial charge in [0.2, 0.25) is 0 Å². The van der Waals surface area contributed by atoms with Crippen molar-refractivity contribution in [3.63, 3.8) is 0 Å². The molecule has 0 saturated carbocycles. The predicted octanol–water partition coefficient (Wildman–Crippen LogP) is 3.81. The number of nitrogens with zero attached hydrogens (tertiary/aromatic N) is 2. The number of halogens is 2. The number of carbonyl (C=O) groups is 1. The molecule has 1 aliphatic rings. The standard InChI is InChI=1S/C22H26ClFN2O6S/c1-3-4-11-31-22(28)25-9-7-15(8-10-25)32-20-13-21(27)26(14-17(20)23)19-6-5-16(12-18(19)24)33(2,29)30/h5-6,12-15H,3-4,7-11H2,1-2H3. The first-order valence-corrected chi connectivity index (χ1v) is 12.9. The zero-order valence-electron chi connectivity index (χ0n) is 18.4. The summed E-state index contributed by atoms with van der Waals surface area (Å²) in [6.45, 7) is 3.34. The Bertz CT molecular complexity index is 1180. The van der Waals surface area contributed by atoms with Gasteiger partial charge in [-0.25, -0.2) is 17.6 Å². The summed E-state index contributed by atoms with van der Waals surface area (Å²) in [5, 5.41) is 0.0996. The number of sulfone groups is 1. The van der Waals surface area contributed by atoms with Crippen molar-refractivity contribution >= 4 is 27.5 Å². The molecule has 180 valence electrons. The van der Waals surface area contributed by atoms with Gasteiger partial charge in [-0.1, -0.05) is 24.9 Å². The Morgan fingerprint density at radius 1 is 1.24 bits per heavy atom. The summed E-state index contributed by atoms with van der Waals surface area (Å²) in [5.41, 5.74) is -0.715. The van der Waals surface area contributed by atoms with Crippen LogP contribution in [0, 0.1) is 5.82 Å². The summed E-state index contributed by atoms with van der Waals surface area (Å²) < 4.78 is 49.8. The first-order chi connectivity index (χ1) is 15.6. The van der Waals surface area contributed by atoms with Crippen molar-refractivity contribution in [3.8, 4) is 11.4 Å². The monoisotopic (exact) mass is 500 g/mol. The summed E-state index contributed by atoms with van der Waals surface area (Å²) in [4.78, 5) is 26.1. The maximum atomic E-state index is 14.5. The normalized spacial score (nSPS) is 14.8. The van der Waals surface area contributed by atoms with Crippen molar-refractivity contribution in [3.05, 3.63) is 51.7 Å². The molecule has 0 aliphatic carbocycles. The summed E-state index contributed by atoms with van der Waals surface area (Å²) in [6, 6.07) is 4.45. The number of pyridine rings is 1. The van der Waals surface area contributed by atoms with Crippen LogP contribution in [0.5, 0.6) is 5.75 Å². The van der Waals surface area contributed by atoms with Gasteiger partial charge in [-0.05, 0) is 24.6 Å². The van der Waals surface area contributed by atoms with Crippen molar-refractivity contribution < 1.29 is 27.1 Å². The van der Waals surface area contributed by atoms with E-state index >= 15 is 0 Å². The van der Waals surface area contributed by atoms with Crippen molar-refractivity contribution in [1.29, 1.82) is 0 Å². The van der Waals surface area contributed by atoms with Gasteiger partial charge in [0.25, 0.3) is 5.56 Å². The van der Waals surface area contributed by atoms with Crippen molar-refractivity contribution in [2.45, 2.75) is 43.6 Å². The Labute approximate surface area is 196 Å². The predicted molar refractivity (Wildman–Crippen MR) is 122 cm³/mol. The number of aromatic nitrogens is 1. The Morgan fingerprint density at radius 2 is 1.94 bits per heavy atom. The number of ether oxygens (including phenoxy) is 2. The van der Waals surface area contributed by atoms with E-state index in [0.717, 1.165) is 35.8 Å². The van der Waals surface area contributed by atoms with Gasteiger partial charge in [0, 0.05) is 44.5 Å². The van der Waals surface area contributed by atoms with Gasteiger partial charge in [-0.2, -0.15) is 0 Å². The smallest absolute Gasteiger partial charge is 0.409 e. The van der Waals surface area contributed by atoms with Gasteiger partial charge < -0.3 is 14.4 Å². The van der Waals surface area contributed by atoms with Gasteiger partial charge in [0.05, 0.1) is 22.2 Å². The summed E-state index contributed by atoms with van der Waals surface area (Å²) in [7, 11) is -3.59. The van der Waals surface area contributed by atoms with E-state index in [2.05, 4.69) is 0 Å². The minimum absolute atomic E-state index is 0.0996. The lowest BCUT2D eigenvalue weighted by atomic mass is 10.1. The Hall–Kier alpha value is -2.59. The minimum atomic E-state index is -3.59. The highest BCUT2D eigenvalue weighted by atomic mass is 35.5. The number of rotatable bonds is 7. The zero-order valence-corrected chi connectivity index (χ0v) is 20.0. The van der Waals surface area contributed by atoms with E-state index < -0.39 is 21.2 Å². The second kappa shape index (κ2) is 10.6. The fourth-order valence-electron chi connectivity index (χ4n) is 3.41. The number of likely N-dealkylation sites (tertiary alicyclic amines) is 1. The van der Waals surface area contributed by atoms with E-state index in [9.17, 15) is 22.4 Å². The number of piperidine rings is 1. The van der Waals surface area contributed by atoms with Gasteiger partial charge in [0.1, 0.15) is 17.7 Å². The highest BCUT2D eigenvalue weighted by Gasteiger charge is 2.26. The van der Waals surface area contributed by atoms with Crippen molar-refractivity contribution in [2.75, 3.05) is 26.0 Å². The topological polar surface area (TPSA) is 94.9 Å². The molecule has 1 aromatic heterocycles. The van der Waals surface area contributed by atoms with E-state index in [1.807, 2.05) is 6.92 Å². The zero-order chi connectivity index (χ0) is 24.2. The number of carbonyl (C=O) groups excluding carboxylic acids is 1. The number of benzene rings is 1. The Morgan fingerprint density at radius 3 is 2.55 bits per heavy atom. The average Bonchev–Trinajstić information content (AvgIpc) is 2.76. The SMILES string of the molecule is CCCCOC(=O)N1CCC(Oc2cc(=O)n(-c3ccc(S(C)(=O)=O)cc3F)cc2Cl)CC1. The molecule has 2 heterocycles. The molecule has 33 heavy (non-hydrogen) atoms. The van der Waals surface area contributed by atoms with Crippen molar-refractivity contribution in [2.24, 2.45) is 0 Å². The van der Waals surface area contributed by atoms with Crippen LogP contribution >= 0.6 is 11.6 Å². The van der Waals surface area contributed by atoms with Gasteiger partial charge >= 0.3 is 6.09 Å². The van der Waals surface area contributed by atoms with E-state index in [-0.39, 0.29) is 33.6 Å². The van der Waals surface area contributed by atoms with E-state index in [0.29, 0.717) is 32.5 Å². The van der Waals surface area contributed by atoms with Crippen LogP contribution in [0.2, 0.25) is 5.02 Å². The van der Waals surface area contributed by atoms with Crippen LogP contribution in [0.15, 0.2) is 40.2 Å². The van der Waals surface area contributed by atoms with Crippen LogP contribution in [0.1, 0.15) is 32.6 Å². The summed E-state index contributed by atoms with van der Waals surface area (Å²) >= 11 is 6.29. The second-order valence-electron chi connectivity index (χ2n) is 7.85. The van der Waals surface area contributed by atoms with Gasteiger partial charge in [0.15, 0.2) is 9.84 Å². The molecule has 11 heteroatoms. The lowest BCUT2D eigenvalue weighted by molar-refractivity contribution is 0.0670. The number of hydrogen-bond acceptors (Lipinski definition) is 6. The van der Waals surface area contributed by atoms with Crippen LogP contribution in [0.3, 0.4) is 0 Å². The molecule has 3 rings (SSSR count). The third kappa shape index (κ3) is 6.26. The van der Waals surface area contributed by atoms with E-state index in [1.54, 1.807) is 4.90 Å². The number of unbranched alkanes of at least 4 members (excludes halogenated alkanes) is 1. The Kier molecular flexibility index (Phi) is 8.01. The van der Waals surface area contributed by atoms with Crippen LogP contribution in [-0.4, -0.2) is 56.0 Å². The molecule has 2 aromatic rings. The maximum absolute atomic E-state index is 14.5. The molecular formula is C22H26ClFN2O6S. The van der Waals surface area contributed by atoms with Gasteiger partial charge in [-0.3, -0.25) is 9.36 Å². The fraction of sp³-hybridized carbons (Fsp3) is 0.455. The lowest BCUT2D eigenvalue weighted by Crippen LogP contribution is -2.42. The minimum Gasteiger partial charge on any atom is -0.488 e. The van der Waals surface area contributed by atoms with Gasteiger partial charge in [-0.15, -0.1) is 0 Å². The second-order valence-corrected chi connectivity index (χ2v) is 10.3. The third-order valence-corrected chi connectivity index (χ3v) is 6.69. The highest BCUT2D eigenvalue weighted by molar-refractivity contribution is 7.90. The summed E-state index contributed by atoms with van der Waals surface area (Å²) in [6.07, 6.45) is 4.47. The molecular weight excluding hydrogens is 475 g/mol. The van der Waals surface area contributed by atoms with E-state index in [4.69, 9.17) is 21.1 Å². The fourth-order valence-corrected chi connectivity index (χ4v) is 4.24. The molecule has 8 nitrogen and oxygen atoms in total. The summed E-state index contributed by atoms with van der Waals surface area (Å²) in [5.74, 6) is -0.710. The lowest BCUT2D eigenvalue weighted by Gasteiger charge is -2.31. The maximum Gasteiger partial charge on any atom is 0.409 e. The largest absolute Gasteiger partial charge is 0.488 e. The van der Waals surface area contributed by atoms with Crippen LogP contribution in [0.4, 0.5) is 9.18 Å². The molecule has 1 amide bonds. The molecule has 1 aliphatic heterocycles.